The van der Waals surface area contributed by atoms with Gasteiger partial charge in [0, 0.05) is 49.7 Å². The largest absolute Gasteiger partial charge is 0.309 e. The second-order valence-electron chi connectivity index (χ2n) is 17.5. The number of fused-ring (bicyclic) bond motifs is 6. The minimum Gasteiger partial charge on any atom is -0.309 e. The minimum atomic E-state index is 0.204. The van der Waals surface area contributed by atoms with E-state index >= 15 is 0 Å². The van der Waals surface area contributed by atoms with Crippen LogP contribution in [-0.2, 0) is 0 Å². The molecule has 12 aromatic rings. The van der Waals surface area contributed by atoms with E-state index in [1.165, 1.54) is 38.5 Å². The Morgan fingerprint density at radius 3 is 1.60 bits per heavy atom. The highest BCUT2D eigenvalue weighted by Gasteiger charge is 2.23. The molecule has 3 aromatic heterocycles. The summed E-state index contributed by atoms with van der Waals surface area (Å²) in [5, 5.41) is 4.74. The molecule has 0 aliphatic heterocycles. The molecule has 320 valence electrons. The van der Waals surface area contributed by atoms with Gasteiger partial charge in [-0.2, -0.15) is 9.97 Å². The minimum absolute atomic E-state index is 0.204. The second-order valence-corrected chi connectivity index (χ2v) is 17.5. The molecule has 0 radical (unpaired) electrons. The summed E-state index contributed by atoms with van der Waals surface area (Å²) in [7, 11) is 0. The van der Waals surface area contributed by atoms with Crippen molar-refractivity contribution in [3.8, 4) is 56.7 Å². The predicted molar refractivity (Wildman–Crippen MR) is 281 cm³/mol. The van der Waals surface area contributed by atoms with Crippen molar-refractivity contribution >= 4 is 49.2 Å². The Balaban J connectivity index is 1.03. The fraction of sp³-hybridized carbons (Fsp3) is 0.0317. The molecule has 0 bridgehead atoms. The number of para-hydroxylation sites is 4. The molecular weight excluding hydrogens is 827 g/mol. The number of allylic oxidation sites excluding steroid dienone is 4. The van der Waals surface area contributed by atoms with Crippen molar-refractivity contribution < 1.29 is 0 Å². The van der Waals surface area contributed by atoms with Crippen LogP contribution in [0, 0.1) is 0 Å². The maximum Gasteiger partial charge on any atom is 0.238 e. The number of hydrogen-bond acceptors (Lipinski definition) is 3. The highest BCUT2D eigenvalue weighted by molar-refractivity contribution is 6.14. The first kappa shape index (κ1) is 39.4. The monoisotopic (exact) mass is 869 g/mol. The van der Waals surface area contributed by atoms with Crippen LogP contribution >= 0.6 is 0 Å². The lowest BCUT2D eigenvalue weighted by Crippen LogP contribution is -2.07. The molecule has 0 amide bonds. The van der Waals surface area contributed by atoms with Crippen LogP contribution in [0.1, 0.15) is 23.5 Å². The standard InChI is InChI=1S/C63H43N5/c1-4-19-42(20-5-1)45-25-16-26-46(39-45)47-37-38-59(67-56-34-13-10-29-51(56)52-30-11-14-35-57(52)67)55(41-47)48-27-17-28-49(40-48)62-64-61(44-23-8-3-9-24-44)65-63(66-62)68-58-36-15-12-31-53(58)54-33-18-32-50(60(54)68)43-21-6-2-7-22-43/h1-25,27-41,46H,26H2. The summed E-state index contributed by atoms with van der Waals surface area (Å²) in [6.07, 6.45) is 7.93. The molecule has 1 aliphatic carbocycles. The zero-order valence-electron chi connectivity index (χ0n) is 37.1. The van der Waals surface area contributed by atoms with Crippen molar-refractivity contribution in [3.05, 3.63) is 254 Å². The lowest BCUT2D eigenvalue weighted by atomic mass is 9.86. The number of benzene rings is 9. The Bertz CT molecular complexity index is 3880. The predicted octanol–water partition coefficient (Wildman–Crippen LogP) is 15.9. The first-order valence-corrected chi connectivity index (χ1v) is 23.3. The lowest BCUT2D eigenvalue weighted by molar-refractivity contribution is 0.857. The van der Waals surface area contributed by atoms with Gasteiger partial charge in [-0.15, -0.1) is 0 Å². The van der Waals surface area contributed by atoms with Crippen molar-refractivity contribution in [1.29, 1.82) is 0 Å². The molecule has 1 aliphatic rings. The van der Waals surface area contributed by atoms with Gasteiger partial charge in [-0.25, -0.2) is 4.98 Å². The normalized spacial score (nSPS) is 13.7. The van der Waals surface area contributed by atoms with Crippen LogP contribution in [0.5, 0.6) is 0 Å². The average molecular weight is 870 g/mol. The molecule has 3 heterocycles. The van der Waals surface area contributed by atoms with E-state index in [-0.39, 0.29) is 5.92 Å². The van der Waals surface area contributed by atoms with E-state index < -0.39 is 0 Å². The van der Waals surface area contributed by atoms with Gasteiger partial charge in [-0.3, -0.25) is 4.57 Å². The Labute approximate surface area is 394 Å². The molecule has 1 atom stereocenters. The molecule has 68 heavy (non-hydrogen) atoms. The van der Waals surface area contributed by atoms with E-state index in [1.54, 1.807) is 0 Å². The molecule has 0 fully saturated rings. The fourth-order valence-electron chi connectivity index (χ4n) is 10.3. The third-order valence-electron chi connectivity index (χ3n) is 13.5. The van der Waals surface area contributed by atoms with Crippen LogP contribution in [0.15, 0.2) is 243 Å². The summed E-state index contributed by atoms with van der Waals surface area (Å²) < 4.78 is 4.66. The molecule has 0 saturated heterocycles. The smallest absolute Gasteiger partial charge is 0.238 e. The van der Waals surface area contributed by atoms with Gasteiger partial charge in [-0.05, 0) is 70.6 Å². The molecule has 0 saturated carbocycles. The summed E-state index contributed by atoms with van der Waals surface area (Å²) in [6, 6.07) is 79.9. The fourth-order valence-corrected chi connectivity index (χ4v) is 10.3. The van der Waals surface area contributed by atoms with Crippen molar-refractivity contribution in [2.45, 2.75) is 12.3 Å². The third kappa shape index (κ3) is 6.75. The summed E-state index contributed by atoms with van der Waals surface area (Å²) in [6.45, 7) is 0. The van der Waals surface area contributed by atoms with Gasteiger partial charge in [0.2, 0.25) is 5.95 Å². The molecule has 0 spiro atoms. The van der Waals surface area contributed by atoms with E-state index in [0.717, 1.165) is 67.3 Å². The Morgan fingerprint density at radius 2 is 0.912 bits per heavy atom. The molecule has 9 aromatic carbocycles. The van der Waals surface area contributed by atoms with Gasteiger partial charge >= 0.3 is 0 Å². The van der Waals surface area contributed by atoms with Gasteiger partial charge in [-0.1, -0.05) is 206 Å². The van der Waals surface area contributed by atoms with Crippen molar-refractivity contribution in [1.82, 2.24) is 24.1 Å². The molecule has 5 heteroatoms. The maximum atomic E-state index is 5.44. The van der Waals surface area contributed by atoms with E-state index in [9.17, 15) is 0 Å². The second kappa shape index (κ2) is 16.5. The quantitative estimate of drug-likeness (QED) is 0.153. The molecule has 13 rings (SSSR count). The third-order valence-corrected chi connectivity index (χ3v) is 13.5. The summed E-state index contributed by atoms with van der Waals surface area (Å²) in [4.78, 5) is 16.0. The van der Waals surface area contributed by atoms with Crippen LogP contribution < -0.4 is 0 Å². The zero-order chi connectivity index (χ0) is 45.0. The van der Waals surface area contributed by atoms with E-state index in [1.807, 2.05) is 18.2 Å². The molecular formula is C63H43N5. The van der Waals surface area contributed by atoms with Gasteiger partial charge < -0.3 is 4.57 Å². The maximum absolute atomic E-state index is 5.44. The van der Waals surface area contributed by atoms with Crippen molar-refractivity contribution in [3.63, 3.8) is 0 Å². The summed E-state index contributed by atoms with van der Waals surface area (Å²) >= 11 is 0. The topological polar surface area (TPSA) is 48.5 Å². The summed E-state index contributed by atoms with van der Waals surface area (Å²) in [5.41, 5.74) is 15.5. The lowest BCUT2D eigenvalue weighted by Gasteiger charge is -2.21. The van der Waals surface area contributed by atoms with Gasteiger partial charge in [0.15, 0.2) is 11.6 Å². The first-order chi connectivity index (χ1) is 33.7. The van der Waals surface area contributed by atoms with Crippen LogP contribution in [0.4, 0.5) is 0 Å². The van der Waals surface area contributed by atoms with Crippen LogP contribution in [0.2, 0.25) is 0 Å². The van der Waals surface area contributed by atoms with E-state index in [2.05, 4.69) is 234 Å². The number of aromatic nitrogens is 5. The van der Waals surface area contributed by atoms with Gasteiger partial charge in [0.1, 0.15) is 0 Å². The SMILES string of the molecule is C1=CC(c2ccccc2)=CC(c2ccc(-n3c4ccccc4c4ccccc43)c(-c3cccc(-c4nc(-c5ccccc5)nc(-n5c6ccccc6c6cccc(-c7ccccc7)c65)n4)c3)c2)C1. The van der Waals surface area contributed by atoms with Crippen LogP contribution in [0.25, 0.3) is 106 Å². The summed E-state index contributed by atoms with van der Waals surface area (Å²) in [5.74, 6) is 1.98. The first-order valence-electron chi connectivity index (χ1n) is 23.3. The van der Waals surface area contributed by atoms with Crippen molar-refractivity contribution in [2.75, 3.05) is 0 Å². The molecule has 1 unspecified atom stereocenters. The highest BCUT2D eigenvalue weighted by atomic mass is 15.2. The molecule has 5 nitrogen and oxygen atoms in total. The zero-order valence-corrected chi connectivity index (χ0v) is 37.1. The van der Waals surface area contributed by atoms with Gasteiger partial charge in [0.25, 0.3) is 0 Å². The van der Waals surface area contributed by atoms with Crippen molar-refractivity contribution in [2.24, 2.45) is 0 Å². The number of rotatable bonds is 8. The van der Waals surface area contributed by atoms with Gasteiger partial charge in [0.05, 0.1) is 27.8 Å². The Morgan fingerprint density at radius 1 is 0.382 bits per heavy atom. The highest BCUT2D eigenvalue weighted by Crippen LogP contribution is 2.42. The van der Waals surface area contributed by atoms with E-state index in [4.69, 9.17) is 15.0 Å². The number of nitrogens with zero attached hydrogens (tertiary/aromatic N) is 5. The Kier molecular flexibility index (Phi) is 9.57. The van der Waals surface area contributed by atoms with Crippen LogP contribution in [0.3, 0.4) is 0 Å². The van der Waals surface area contributed by atoms with E-state index in [0.29, 0.717) is 17.6 Å². The van der Waals surface area contributed by atoms with Crippen LogP contribution in [-0.4, -0.2) is 24.1 Å². The number of hydrogen-bond donors (Lipinski definition) is 0. The molecule has 0 N–H and O–H groups in total. The Hall–Kier alpha value is -8.93. The average Bonchev–Trinajstić information content (AvgIpc) is 3.95.